The molecule has 0 saturated carbocycles. The molecule has 0 spiro atoms. The number of carbonyl (C=O) groups excluding carboxylic acids is 1. The van der Waals surface area contributed by atoms with E-state index in [0.717, 1.165) is 28.0 Å². The molecule has 2 heterocycles. The van der Waals surface area contributed by atoms with Crippen molar-refractivity contribution < 1.29 is 4.79 Å². The van der Waals surface area contributed by atoms with E-state index in [9.17, 15) is 4.79 Å². The van der Waals surface area contributed by atoms with Crippen molar-refractivity contribution in [3.05, 3.63) is 61.3 Å². The second-order valence-corrected chi connectivity index (χ2v) is 4.98. The first-order chi connectivity index (χ1) is 11.2. The van der Waals surface area contributed by atoms with Crippen molar-refractivity contribution in [3.8, 4) is 11.3 Å². The van der Waals surface area contributed by atoms with Crippen LogP contribution >= 0.6 is 0 Å². The van der Waals surface area contributed by atoms with Crippen LogP contribution in [0.3, 0.4) is 0 Å². The molecular formula is C18H16N4O. The van der Waals surface area contributed by atoms with E-state index in [1.54, 1.807) is 12.3 Å². The summed E-state index contributed by atoms with van der Waals surface area (Å²) in [6.45, 7) is 3.45. The van der Waals surface area contributed by atoms with Crippen LogP contribution in [-0.4, -0.2) is 22.9 Å². The smallest absolute Gasteiger partial charge is 0.247 e. The van der Waals surface area contributed by atoms with Crippen LogP contribution < -0.4 is 10.6 Å². The van der Waals surface area contributed by atoms with Gasteiger partial charge in [-0.3, -0.25) is 9.78 Å². The summed E-state index contributed by atoms with van der Waals surface area (Å²) in [5.74, 6) is 0.565. The van der Waals surface area contributed by atoms with Crippen LogP contribution in [-0.2, 0) is 4.79 Å². The van der Waals surface area contributed by atoms with Gasteiger partial charge in [0.2, 0.25) is 5.91 Å². The normalized spacial score (nSPS) is 10.3. The number of hydrogen-bond donors (Lipinski definition) is 2. The molecule has 3 rings (SSSR count). The van der Waals surface area contributed by atoms with Crippen LogP contribution in [0.2, 0.25) is 0 Å². The molecule has 0 aliphatic rings. The van der Waals surface area contributed by atoms with Crippen molar-refractivity contribution in [3.63, 3.8) is 0 Å². The van der Waals surface area contributed by atoms with E-state index < -0.39 is 0 Å². The number of amides is 1. The van der Waals surface area contributed by atoms with Gasteiger partial charge in [0.05, 0.1) is 11.2 Å². The van der Waals surface area contributed by atoms with Crippen LogP contribution in [0.25, 0.3) is 22.2 Å². The van der Waals surface area contributed by atoms with Crippen LogP contribution in [0.5, 0.6) is 0 Å². The fraction of sp³-hybridized carbons (Fsp3) is 0.0556. The molecule has 0 fully saturated rings. The summed E-state index contributed by atoms with van der Waals surface area (Å²) in [5, 5.41) is 6.83. The van der Waals surface area contributed by atoms with Gasteiger partial charge in [-0.2, -0.15) is 0 Å². The first-order valence-electron chi connectivity index (χ1n) is 7.18. The summed E-state index contributed by atoms with van der Waals surface area (Å²) in [7, 11) is 1.84. The number of rotatable bonds is 4. The third-order valence-corrected chi connectivity index (χ3v) is 3.46. The van der Waals surface area contributed by atoms with E-state index in [1.165, 1.54) is 6.08 Å². The predicted octanol–water partition coefficient (Wildman–Crippen LogP) is 3.46. The number of aromatic nitrogens is 2. The Labute approximate surface area is 134 Å². The molecule has 0 bridgehead atoms. The van der Waals surface area contributed by atoms with Gasteiger partial charge in [-0.15, -0.1) is 0 Å². The minimum Gasteiger partial charge on any atom is -0.373 e. The zero-order chi connectivity index (χ0) is 16.2. The molecule has 23 heavy (non-hydrogen) atoms. The highest BCUT2D eigenvalue weighted by Gasteiger charge is 2.05. The monoisotopic (exact) mass is 304 g/mol. The average Bonchev–Trinajstić information content (AvgIpc) is 2.60. The molecule has 0 radical (unpaired) electrons. The zero-order valence-corrected chi connectivity index (χ0v) is 12.7. The molecule has 3 aromatic rings. The zero-order valence-electron chi connectivity index (χ0n) is 12.7. The topological polar surface area (TPSA) is 66.9 Å². The minimum atomic E-state index is -0.249. The molecule has 0 saturated heterocycles. The number of nitrogens with zero attached hydrogens (tertiary/aromatic N) is 2. The fourth-order valence-corrected chi connectivity index (χ4v) is 2.28. The van der Waals surface area contributed by atoms with Gasteiger partial charge in [0.1, 0.15) is 5.82 Å². The molecule has 2 aromatic heterocycles. The number of anilines is 2. The summed E-state index contributed by atoms with van der Waals surface area (Å²) >= 11 is 0. The van der Waals surface area contributed by atoms with E-state index in [0.29, 0.717) is 5.69 Å². The lowest BCUT2D eigenvalue weighted by Crippen LogP contribution is -2.07. The number of benzene rings is 1. The third-order valence-electron chi connectivity index (χ3n) is 3.46. The second-order valence-electron chi connectivity index (χ2n) is 4.98. The quantitative estimate of drug-likeness (QED) is 0.724. The Balaban J connectivity index is 2.00. The highest BCUT2D eigenvalue weighted by molar-refractivity contribution is 5.99. The number of fused-ring (bicyclic) bond motifs is 1. The lowest BCUT2D eigenvalue weighted by Gasteiger charge is -2.07. The molecule has 0 aliphatic carbocycles. The Hall–Kier alpha value is -3.21. The summed E-state index contributed by atoms with van der Waals surface area (Å²) in [6, 6.07) is 13.5. The minimum absolute atomic E-state index is 0.249. The van der Waals surface area contributed by atoms with Gasteiger partial charge in [0.15, 0.2) is 0 Å². The maximum atomic E-state index is 11.4. The predicted molar refractivity (Wildman–Crippen MR) is 93.3 cm³/mol. The Morgan fingerprint density at radius 1 is 1.17 bits per heavy atom. The summed E-state index contributed by atoms with van der Waals surface area (Å²) in [5.41, 5.74) is 3.27. The fourth-order valence-electron chi connectivity index (χ4n) is 2.28. The van der Waals surface area contributed by atoms with Gasteiger partial charge >= 0.3 is 0 Å². The van der Waals surface area contributed by atoms with Crippen LogP contribution in [0.1, 0.15) is 0 Å². The molecule has 0 unspecified atom stereocenters. The third kappa shape index (κ3) is 3.18. The number of hydrogen-bond acceptors (Lipinski definition) is 4. The molecule has 1 aromatic carbocycles. The largest absolute Gasteiger partial charge is 0.373 e. The maximum absolute atomic E-state index is 11.4. The van der Waals surface area contributed by atoms with Gasteiger partial charge in [0.25, 0.3) is 0 Å². The van der Waals surface area contributed by atoms with E-state index in [4.69, 9.17) is 0 Å². The highest BCUT2D eigenvalue weighted by atomic mass is 16.1. The number of carbonyl (C=O) groups is 1. The molecule has 2 N–H and O–H groups in total. The van der Waals surface area contributed by atoms with E-state index in [2.05, 4.69) is 27.2 Å². The first-order valence-corrected chi connectivity index (χ1v) is 7.18. The van der Waals surface area contributed by atoms with Crippen LogP contribution in [0.4, 0.5) is 11.5 Å². The Morgan fingerprint density at radius 3 is 2.78 bits per heavy atom. The molecule has 1 amide bonds. The van der Waals surface area contributed by atoms with Crippen molar-refractivity contribution in [1.29, 1.82) is 0 Å². The lowest BCUT2D eigenvalue weighted by molar-refractivity contribution is -0.111. The van der Waals surface area contributed by atoms with Crippen molar-refractivity contribution in [2.75, 3.05) is 17.7 Å². The van der Waals surface area contributed by atoms with Crippen LogP contribution in [0.15, 0.2) is 61.3 Å². The van der Waals surface area contributed by atoms with Crippen molar-refractivity contribution in [1.82, 2.24) is 9.97 Å². The molecule has 5 nitrogen and oxygen atoms in total. The van der Waals surface area contributed by atoms with Crippen LogP contribution in [0, 0.1) is 0 Å². The number of pyridine rings is 2. The SMILES string of the molecule is C=CC(=O)Nc1ccnc(-c2ccc3ccc(NC)nc3c2)c1. The second kappa shape index (κ2) is 6.27. The van der Waals surface area contributed by atoms with Gasteiger partial charge in [-0.1, -0.05) is 18.7 Å². The molecule has 0 aliphatic heterocycles. The highest BCUT2D eigenvalue weighted by Crippen LogP contribution is 2.24. The Bertz CT molecular complexity index is 889. The van der Waals surface area contributed by atoms with Gasteiger partial charge in [-0.25, -0.2) is 4.98 Å². The van der Waals surface area contributed by atoms with Crippen molar-refractivity contribution in [2.24, 2.45) is 0 Å². The average molecular weight is 304 g/mol. The molecule has 0 atom stereocenters. The van der Waals surface area contributed by atoms with E-state index in [1.807, 2.05) is 43.4 Å². The standard InChI is InChI=1S/C18H16N4O/c1-3-18(23)21-14-8-9-20-15(11-14)13-5-4-12-6-7-17(19-2)22-16(12)10-13/h3-11H,1H2,2H3,(H,19,22)(H,20,21,23). The molecular weight excluding hydrogens is 288 g/mol. The van der Waals surface area contributed by atoms with Gasteiger partial charge in [0, 0.05) is 29.9 Å². The van der Waals surface area contributed by atoms with E-state index >= 15 is 0 Å². The summed E-state index contributed by atoms with van der Waals surface area (Å²) in [6.07, 6.45) is 2.90. The van der Waals surface area contributed by atoms with Crippen molar-refractivity contribution >= 4 is 28.3 Å². The Morgan fingerprint density at radius 2 is 2.00 bits per heavy atom. The van der Waals surface area contributed by atoms with Gasteiger partial charge < -0.3 is 10.6 Å². The van der Waals surface area contributed by atoms with E-state index in [-0.39, 0.29) is 5.91 Å². The number of nitrogens with one attached hydrogen (secondary N) is 2. The molecule has 5 heteroatoms. The lowest BCUT2D eigenvalue weighted by atomic mass is 10.1. The summed E-state index contributed by atoms with van der Waals surface area (Å²) in [4.78, 5) is 20.3. The maximum Gasteiger partial charge on any atom is 0.247 e. The van der Waals surface area contributed by atoms with Crippen molar-refractivity contribution in [2.45, 2.75) is 0 Å². The first kappa shape index (κ1) is 14.7. The van der Waals surface area contributed by atoms with Gasteiger partial charge in [-0.05, 0) is 36.4 Å². The Kier molecular flexibility index (Phi) is 4.01. The molecule has 114 valence electrons. The summed E-state index contributed by atoms with van der Waals surface area (Å²) < 4.78 is 0.